The van der Waals surface area contributed by atoms with Crippen molar-refractivity contribution >= 4 is 28.6 Å². The molecule has 0 aliphatic heterocycles. The zero-order chi connectivity index (χ0) is 15.6. The molecule has 0 amide bonds. The number of hydrogen-bond acceptors (Lipinski definition) is 4. The summed E-state index contributed by atoms with van der Waals surface area (Å²) in [6, 6.07) is 2.21. The number of anilines is 1. The monoisotopic (exact) mass is 323 g/mol. The van der Waals surface area contributed by atoms with E-state index in [1.165, 1.54) is 20.0 Å². The van der Waals surface area contributed by atoms with Crippen molar-refractivity contribution in [1.82, 2.24) is 9.78 Å². The van der Waals surface area contributed by atoms with Gasteiger partial charge in [-0.15, -0.1) is 17.9 Å². The van der Waals surface area contributed by atoms with Gasteiger partial charge in [0.05, 0.1) is 18.4 Å². The summed E-state index contributed by atoms with van der Waals surface area (Å²) in [5, 5.41) is 7.51. The van der Waals surface area contributed by atoms with Gasteiger partial charge in [0.15, 0.2) is 0 Å². The fourth-order valence-electron chi connectivity index (χ4n) is 2.21. The molecule has 112 valence electrons. The van der Waals surface area contributed by atoms with Crippen molar-refractivity contribution in [3.8, 4) is 0 Å². The summed E-state index contributed by atoms with van der Waals surface area (Å²) in [6.07, 6.45) is 3.19. The van der Waals surface area contributed by atoms with Gasteiger partial charge in [-0.05, 0) is 32.4 Å². The van der Waals surface area contributed by atoms with Crippen LogP contribution in [-0.2, 0) is 6.54 Å². The molecule has 2 heterocycles. The zero-order valence-electron chi connectivity index (χ0n) is 12.3. The first-order valence-electron chi connectivity index (χ1n) is 6.64. The molecule has 0 aromatic carbocycles. The predicted molar refractivity (Wildman–Crippen MR) is 89.5 cm³/mol. The van der Waals surface area contributed by atoms with Crippen LogP contribution in [0.5, 0.6) is 0 Å². The van der Waals surface area contributed by atoms with Gasteiger partial charge in [-0.2, -0.15) is 5.10 Å². The fraction of sp³-hybridized carbons (Fsp3) is 0.333. The van der Waals surface area contributed by atoms with Crippen LogP contribution in [0.15, 0.2) is 29.7 Å². The standard InChI is InChI=1S/C15H18ClN3OS/c1-5-6-19-15(20)14(16)13(8-17-19)18-10(3)12-7-9(2)21-11(12)4/h5,7-8,10,18H,1,6H2,2-4H3. The molecule has 6 heteroatoms. The van der Waals surface area contributed by atoms with Crippen LogP contribution >= 0.6 is 22.9 Å². The van der Waals surface area contributed by atoms with Crippen molar-refractivity contribution in [2.24, 2.45) is 0 Å². The minimum absolute atomic E-state index is 0.0592. The minimum atomic E-state index is -0.313. The molecule has 0 radical (unpaired) electrons. The molecule has 4 nitrogen and oxygen atoms in total. The molecular weight excluding hydrogens is 306 g/mol. The molecular formula is C15H18ClN3OS. The van der Waals surface area contributed by atoms with E-state index in [2.05, 4.69) is 36.9 Å². The maximum atomic E-state index is 12.1. The van der Waals surface area contributed by atoms with Crippen LogP contribution in [0.2, 0.25) is 5.02 Å². The van der Waals surface area contributed by atoms with Crippen LogP contribution in [0.4, 0.5) is 5.69 Å². The van der Waals surface area contributed by atoms with E-state index in [9.17, 15) is 4.79 Å². The highest BCUT2D eigenvalue weighted by atomic mass is 35.5. The fourth-order valence-corrected chi connectivity index (χ4v) is 3.43. The topological polar surface area (TPSA) is 46.9 Å². The first-order valence-corrected chi connectivity index (χ1v) is 7.83. The summed E-state index contributed by atoms with van der Waals surface area (Å²) in [6.45, 7) is 10.2. The lowest BCUT2D eigenvalue weighted by Gasteiger charge is -2.16. The van der Waals surface area contributed by atoms with Crippen molar-refractivity contribution in [2.75, 3.05) is 5.32 Å². The average Bonchev–Trinajstić information content (AvgIpc) is 2.77. The maximum absolute atomic E-state index is 12.1. The quantitative estimate of drug-likeness (QED) is 0.848. The van der Waals surface area contributed by atoms with E-state index in [-0.39, 0.29) is 16.6 Å². The second-order valence-corrected chi connectivity index (χ2v) is 6.72. The van der Waals surface area contributed by atoms with Crippen LogP contribution in [0, 0.1) is 13.8 Å². The Morgan fingerprint density at radius 2 is 2.29 bits per heavy atom. The smallest absolute Gasteiger partial charge is 0.287 e. The van der Waals surface area contributed by atoms with Crippen molar-refractivity contribution in [2.45, 2.75) is 33.4 Å². The minimum Gasteiger partial charge on any atom is -0.376 e. The van der Waals surface area contributed by atoms with E-state index < -0.39 is 0 Å². The summed E-state index contributed by atoms with van der Waals surface area (Å²) < 4.78 is 1.28. The SMILES string of the molecule is C=CCn1ncc(NC(C)c2cc(C)sc2C)c(Cl)c1=O. The van der Waals surface area contributed by atoms with Gasteiger partial charge < -0.3 is 5.32 Å². The Morgan fingerprint density at radius 1 is 1.57 bits per heavy atom. The molecule has 0 saturated heterocycles. The molecule has 0 saturated carbocycles. The van der Waals surface area contributed by atoms with Gasteiger partial charge in [0.25, 0.3) is 5.56 Å². The summed E-state index contributed by atoms with van der Waals surface area (Å²) in [7, 11) is 0. The molecule has 0 fully saturated rings. The summed E-state index contributed by atoms with van der Waals surface area (Å²) >= 11 is 7.90. The second kappa shape index (κ2) is 6.45. The molecule has 0 bridgehead atoms. The highest BCUT2D eigenvalue weighted by molar-refractivity contribution is 7.12. The van der Waals surface area contributed by atoms with E-state index in [1.807, 2.05) is 6.92 Å². The first kappa shape index (κ1) is 15.8. The molecule has 2 rings (SSSR count). The third-order valence-electron chi connectivity index (χ3n) is 3.20. The third kappa shape index (κ3) is 3.36. The van der Waals surface area contributed by atoms with E-state index in [1.54, 1.807) is 23.6 Å². The Hall–Kier alpha value is -1.59. The van der Waals surface area contributed by atoms with Gasteiger partial charge in [-0.25, -0.2) is 4.68 Å². The number of halogens is 1. The van der Waals surface area contributed by atoms with E-state index >= 15 is 0 Å². The normalized spacial score (nSPS) is 12.2. The lowest BCUT2D eigenvalue weighted by Crippen LogP contribution is -2.24. The number of hydrogen-bond donors (Lipinski definition) is 1. The van der Waals surface area contributed by atoms with Gasteiger partial charge >= 0.3 is 0 Å². The molecule has 1 N–H and O–H groups in total. The molecule has 21 heavy (non-hydrogen) atoms. The Labute approximate surface area is 133 Å². The summed E-state index contributed by atoms with van der Waals surface area (Å²) in [5.74, 6) is 0. The van der Waals surface area contributed by atoms with Crippen LogP contribution in [0.3, 0.4) is 0 Å². The highest BCUT2D eigenvalue weighted by Gasteiger charge is 2.15. The van der Waals surface area contributed by atoms with Crippen LogP contribution in [-0.4, -0.2) is 9.78 Å². The number of aromatic nitrogens is 2. The van der Waals surface area contributed by atoms with Crippen molar-refractivity contribution in [3.63, 3.8) is 0 Å². The first-order chi connectivity index (χ1) is 9.93. The van der Waals surface area contributed by atoms with E-state index in [4.69, 9.17) is 11.6 Å². The lowest BCUT2D eigenvalue weighted by molar-refractivity contribution is 0.652. The molecule has 2 aromatic heterocycles. The summed E-state index contributed by atoms with van der Waals surface area (Å²) in [4.78, 5) is 14.6. The third-order valence-corrected chi connectivity index (χ3v) is 4.55. The molecule has 0 aliphatic rings. The van der Waals surface area contributed by atoms with Crippen LogP contribution in [0.1, 0.15) is 28.3 Å². The molecule has 1 atom stereocenters. The largest absolute Gasteiger partial charge is 0.376 e. The number of rotatable bonds is 5. The molecule has 0 aliphatic carbocycles. The second-order valence-electron chi connectivity index (χ2n) is 4.88. The Bertz CT molecular complexity index is 720. The predicted octanol–water partition coefficient (Wildman–Crippen LogP) is 3.93. The summed E-state index contributed by atoms with van der Waals surface area (Å²) in [5.41, 5.74) is 1.45. The zero-order valence-corrected chi connectivity index (χ0v) is 13.9. The van der Waals surface area contributed by atoms with E-state index in [0.717, 1.165) is 0 Å². The Kier molecular flexibility index (Phi) is 4.85. The van der Waals surface area contributed by atoms with Crippen molar-refractivity contribution in [1.29, 1.82) is 0 Å². The molecule has 2 aromatic rings. The average molecular weight is 324 g/mol. The lowest BCUT2D eigenvalue weighted by atomic mass is 10.1. The maximum Gasteiger partial charge on any atom is 0.287 e. The van der Waals surface area contributed by atoms with Gasteiger partial charge in [0.1, 0.15) is 5.02 Å². The van der Waals surface area contributed by atoms with Gasteiger partial charge in [0.2, 0.25) is 0 Å². The van der Waals surface area contributed by atoms with Gasteiger partial charge in [0, 0.05) is 15.8 Å². The molecule has 1 unspecified atom stereocenters. The molecule has 0 spiro atoms. The number of nitrogens with one attached hydrogen (secondary N) is 1. The van der Waals surface area contributed by atoms with Crippen molar-refractivity contribution < 1.29 is 0 Å². The highest BCUT2D eigenvalue weighted by Crippen LogP contribution is 2.29. The Balaban J connectivity index is 2.28. The van der Waals surface area contributed by atoms with Gasteiger partial charge in [-0.1, -0.05) is 17.7 Å². The number of allylic oxidation sites excluding steroid dienone is 1. The van der Waals surface area contributed by atoms with Crippen molar-refractivity contribution in [3.05, 3.63) is 55.6 Å². The Morgan fingerprint density at radius 3 is 2.86 bits per heavy atom. The number of aryl methyl sites for hydroxylation is 2. The number of thiophene rings is 1. The van der Waals surface area contributed by atoms with E-state index in [0.29, 0.717) is 12.2 Å². The number of nitrogens with zero attached hydrogens (tertiary/aromatic N) is 2. The van der Waals surface area contributed by atoms with Gasteiger partial charge in [-0.3, -0.25) is 4.79 Å². The van der Waals surface area contributed by atoms with Crippen LogP contribution < -0.4 is 10.9 Å². The van der Waals surface area contributed by atoms with Crippen LogP contribution in [0.25, 0.3) is 0 Å².